The van der Waals surface area contributed by atoms with Gasteiger partial charge in [-0.15, -0.1) is 0 Å². The van der Waals surface area contributed by atoms with Gasteiger partial charge in [-0.05, 0) is 56.7 Å². The maximum absolute atomic E-state index is 12.9. The van der Waals surface area contributed by atoms with Crippen LogP contribution in [0.25, 0.3) is 0 Å². The number of sulfonamides is 1. The third kappa shape index (κ3) is 4.87. The fourth-order valence-corrected chi connectivity index (χ4v) is 6.02. The quantitative estimate of drug-likeness (QED) is 0.705. The Morgan fingerprint density at radius 1 is 1.14 bits per heavy atom. The van der Waals surface area contributed by atoms with Gasteiger partial charge < -0.3 is 9.80 Å². The summed E-state index contributed by atoms with van der Waals surface area (Å²) in [6.45, 7) is 1.42. The van der Waals surface area contributed by atoms with E-state index in [0.29, 0.717) is 40.9 Å². The van der Waals surface area contributed by atoms with Gasteiger partial charge in [0.15, 0.2) is 6.54 Å². The smallest absolute Gasteiger partial charge is 0.279 e. The van der Waals surface area contributed by atoms with E-state index in [0.717, 1.165) is 32.1 Å². The molecular formula is C20H31ClN3O3S+. The number of anilines is 1. The zero-order valence-electron chi connectivity index (χ0n) is 16.8. The molecule has 3 rings (SSSR count). The Morgan fingerprint density at radius 3 is 2.43 bits per heavy atom. The number of rotatable bonds is 6. The highest BCUT2D eigenvalue weighted by Gasteiger charge is 2.33. The lowest BCUT2D eigenvalue weighted by Crippen LogP contribution is -2.51. The van der Waals surface area contributed by atoms with Crippen molar-refractivity contribution in [1.82, 2.24) is 4.31 Å². The molecule has 1 aliphatic heterocycles. The van der Waals surface area contributed by atoms with Gasteiger partial charge in [0.2, 0.25) is 10.0 Å². The lowest BCUT2D eigenvalue weighted by Gasteiger charge is -2.35. The average Bonchev–Trinajstić information content (AvgIpc) is 3.19. The molecule has 0 aromatic heterocycles. The number of nitrogens with zero attached hydrogens (tertiary/aromatic N) is 2. The van der Waals surface area contributed by atoms with Crippen molar-refractivity contribution in [2.45, 2.75) is 55.9 Å². The molecular weight excluding hydrogens is 398 g/mol. The molecule has 0 spiro atoms. The minimum atomic E-state index is -3.57. The van der Waals surface area contributed by atoms with Crippen LogP contribution in [-0.4, -0.2) is 62.9 Å². The summed E-state index contributed by atoms with van der Waals surface area (Å²) in [7, 11) is 0.590. The lowest BCUT2D eigenvalue weighted by atomic mass is 10.2. The number of likely N-dealkylation sites (N-methyl/N-ethyl adjacent to an activating group) is 1. The molecule has 1 aliphatic carbocycles. The number of hydrogen-bond acceptors (Lipinski definition) is 3. The van der Waals surface area contributed by atoms with E-state index in [2.05, 4.69) is 19.4 Å². The molecule has 2 fully saturated rings. The molecule has 1 aromatic rings. The summed E-state index contributed by atoms with van der Waals surface area (Å²) in [5, 5.41) is 3.18. The van der Waals surface area contributed by atoms with Crippen LogP contribution in [0.2, 0.25) is 5.02 Å². The van der Waals surface area contributed by atoms with Gasteiger partial charge in [-0.1, -0.05) is 18.0 Å². The van der Waals surface area contributed by atoms with Crippen molar-refractivity contribution in [2.75, 3.05) is 39.0 Å². The second kappa shape index (κ2) is 8.69. The summed E-state index contributed by atoms with van der Waals surface area (Å²) in [5.41, 5.74) is 0.358. The summed E-state index contributed by atoms with van der Waals surface area (Å²) in [6.07, 6.45) is 7.54. The third-order valence-electron chi connectivity index (χ3n) is 6.03. The molecule has 1 heterocycles. The van der Waals surface area contributed by atoms with Crippen molar-refractivity contribution < 1.29 is 17.7 Å². The number of quaternary nitrogens is 1. The van der Waals surface area contributed by atoms with Gasteiger partial charge in [-0.25, -0.2) is 8.42 Å². The van der Waals surface area contributed by atoms with Gasteiger partial charge in [0.05, 0.1) is 35.7 Å². The third-order valence-corrected chi connectivity index (χ3v) is 8.25. The minimum absolute atomic E-state index is 0.147. The normalized spacial score (nSPS) is 19.7. The highest BCUT2D eigenvalue weighted by Crippen LogP contribution is 2.29. The lowest BCUT2D eigenvalue weighted by molar-refractivity contribution is -0.906. The van der Waals surface area contributed by atoms with Crippen molar-refractivity contribution >= 4 is 33.2 Å². The van der Waals surface area contributed by atoms with Gasteiger partial charge in [0, 0.05) is 13.1 Å². The molecule has 0 bridgehead atoms. The Bertz CT molecular complexity index is 814. The number of carbonyl (C=O) groups excluding carboxylic acids is 1. The second-order valence-electron chi connectivity index (χ2n) is 8.53. The fourth-order valence-electron chi connectivity index (χ4n) is 4.31. The monoisotopic (exact) mass is 428 g/mol. The molecule has 1 N–H and O–H groups in total. The van der Waals surface area contributed by atoms with Gasteiger partial charge in [0.25, 0.3) is 5.91 Å². The standard InChI is InChI=1S/C20H30ClN3O3S/c1-24(2,16-8-4-5-9-16)15-20(25)22-19-14-17(10-11-18(19)21)28(26,27)23-12-6-3-7-13-23/h10-11,14,16H,3-9,12-13,15H2,1-2H3/p+1. The second-order valence-corrected chi connectivity index (χ2v) is 10.9. The maximum atomic E-state index is 12.9. The number of nitrogens with one attached hydrogen (secondary N) is 1. The largest absolute Gasteiger partial charge is 0.320 e. The predicted molar refractivity (Wildman–Crippen MR) is 112 cm³/mol. The Hall–Kier alpha value is -1.15. The van der Waals surface area contributed by atoms with Crippen LogP contribution in [0, 0.1) is 0 Å². The van der Waals surface area contributed by atoms with E-state index in [9.17, 15) is 13.2 Å². The van der Waals surface area contributed by atoms with Crippen LogP contribution in [0.1, 0.15) is 44.9 Å². The summed E-state index contributed by atoms with van der Waals surface area (Å²) in [5.74, 6) is -0.147. The van der Waals surface area contributed by atoms with E-state index in [1.54, 1.807) is 6.07 Å². The van der Waals surface area contributed by atoms with Crippen molar-refractivity contribution in [1.29, 1.82) is 0 Å². The van der Waals surface area contributed by atoms with Gasteiger partial charge >= 0.3 is 0 Å². The number of piperidine rings is 1. The summed E-state index contributed by atoms with van der Waals surface area (Å²) in [6, 6.07) is 5.04. The Balaban J connectivity index is 1.73. The molecule has 156 valence electrons. The van der Waals surface area contributed by atoms with Crippen LogP contribution in [0.3, 0.4) is 0 Å². The number of halogens is 1. The summed E-state index contributed by atoms with van der Waals surface area (Å²) in [4.78, 5) is 12.8. The Labute approximate surface area is 173 Å². The van der Waals surface area contributed by atoms with Gasteiger partial charge in [0.1, 0.15) is 0 Å². The predicted octanol–water partition coefficient (Wildman–Crippen LogP) is 3.47. The summed E-state index contributed by atoms with van der Waals surface area (Å²) < 4.78 is 28.0. The highest BCUT2D eigenvalue weighted by atomic mass is 35.5. The Morgan fingerprint density at radius 2 is 1.79 bits per heavy atom. The van der Waals surface area contributed by atoms with Crippen LogP contribution in [0.15, 0.2) is 23.1 Å². The van der Waals surface area contributed by atoms with Crippen molar-refractivity contribution in [3.8, 4) is 0 Å². The van der Waals surface area contributed by atoms with E-state index in [1.807, 2.05) is 0 Å². The van der Waals surface area contributed by atoms with Crippen LogP contribution < -0.4 is 5.32 Å². The minimum Gasteiger partial charge on any atom is -0.320 e. The van der Waals surface area contributed by atoms with Crippen molar-refractivity contribution in [2.24, 2.45) is 0 Å². The molecule has 0 radical (unpaired) electrons. The van der Waals surface area contributed by atoms with Gasteiger partial charge in [-0.2, -0.15) is 4.31 Å². The molecule has 0 atom stereocenters. The maximum Gasteiger partial charge on any atom is 0.279 e. The molecule has 0 unspecified atom stereocenters. The highest BCUT2D eigenvalue weighted by molar-refractivity contribution is 7.89. The first-order valence-corrected chi connectivity index (χ1v) is 11.9. The zero-order valence-corrected chi connectivity index (χ0v) is 18.4. The number of benzene rings is 1. The average molecular weight is 429 g/mol. The fraction of sp³-hybridized carbons (Fsp3) is 0.650. The van der Waals surface area contributed by atoms with Crippen LogP contribution in [0.5, 0.6) is 0 Å². The molecule has 8 heteroatoms. The number of hydrogen-bond donors (Lipinski definition) is 1. The summed E-state index contributed by atoms with van der Waals surface area (Å²) >= 11 is 6.25. The topological polar surface area (TPSA) is 66.5 Å². The molecule has 28 heavy (non-hydrogen) atoms. The van der Waals surface area contributed by atoms with E-state index in [-0.39, 0.29) is 10.8 Å². The number of amides is 1. The number of carbonyl (C=O) groups is 1. The van der Waals surface area contributed by atoms with E-state index in [1.165, 1.54) is 29.3 Å². The molecule has 1 saturated heterocycles. The first-order valence-electron chi connectivity index (χ1n) is 10.1. The molecule has 1 amide bonds. The molecule has 2 aliphatic rings. The Kier molecular flexibility index (Phi) is 6.69. The first-order chi connectivity index (χ1) is 13.2. The SMILES string of the molecule is C[N+](C)(CC(=O)Nc1cc(S(=O)(=O)N2CCCCC2)ccc1Cl)C1CCCC1. The zero-order chi connectivity index (χ0) is 20.4. The van der Waals surface area contributed by atoms with Crippen LogP contribution >= 0.6 is 11.6 Å². The van der Waals surface area contributed by atoms with E-state index in [4.69, 9.17) is 11.6 Å². The molecule has 1 aromatic carbocycles. The van der Waals surface area contributed by atoms with Crippen molar-refractivity contribution in [3.05, 3.63) is 23.2 Å². The molecule has 6 nitrogen and oxygen atoms in total. The van der Waals surface area contributed by atoms with E-state index >= 15 is 0 Å². The van der Waals surface area contributed by atoms with E-state index < -0.39 is 10.0 Å². The van der Waals surface area contributed by atoms with Crippen LogP contribution in [-0.2, 0) is 14.8 Å². The van der Waals surface area contributed by atoms with Crippen molar-refractivity contribution in [3.63, 3.8) is 0 Å². The first kappa shape index (κ1) is 21.6. The van der Waals surface area contributed by atoms with Crippen LogP contribution in [0.4, 0.5) is 5.69 Å². The van der Waals surface area contributed by atoms with Gasteiger partial charge in [-0.3, -0.25) is 4.79 Å². The molecule has 1 saturated carbocycles.